The molecule has 0 radical (unpaired) electrons. The molecule has 1 atom stereocenters. The lowest BCUT2D eigenvalue weighted by Gasteiger charge is -2.10. The normalized spacial score (nSPS) is 12.9. The molecule has 0 aliphatic heterocycles. The van der Waals surface area contributed by atoms with Gasteiger partial charge in [0.1, 0.15) is 0 Å². The molecule has 78 valence electrons. The monoisotopic (exact) mass is 192 g/mol. The van der Waals surface area contributed by atoms with Crippen molar-refractivity contribution in [2.24, 2.45) is 0 Å². The highest BCUT2D eigenvalue weighted by molar-refractivity contribution is 5.33. The van der Waals surface area contributed by atoms with E-state index in [-0.39, 0.29) is 6.10 Å². The fraction of sp³-hybridized carbons (Fsp3) is 0.538. The smallest absolute Gasteiger partial charge is 0.0540 e. The molecule has 1 unspecified atom stereocenters. The predicted molar refractivity (Wildman–Crippen MR) is 60.5 cm³/mol. The maximum Gasteiger partial charge on any atom is 0.0540 e. The van der Waals surface area contributed by atoms with Crippen molar-refractivity contribution in [2.45, 2.75) is 46.1 Å². The lowest BCUT2D eigenvalue weighted by atomic mass is 9.98. The van der Waals surface area contributed by atoms with Gasteiger partial charge < -0.3 is 5.11 Å². The van der Waals surface area contributed by atoms with Crippen molar-refractivity contribution in [1.82, 2.24) is 0 Å². The maximum absolute atomic E-state index is 9.48. The Morgan fingerprint density at radius 1 is 1.29 bits per heavy atom. The highest BCUT2D eigenvalue weighted by atomic mass is 16.3. The number of benzene rings is 1. The minimum atomic E-state index is -0.144. The van der Waals surface area contributed by atoms with Crippen molar-refractivity contribution in [3.05, 3.63) is 34.9 Å². The average molecular weight is 192 g/mol. The van der Waals surface area contributed by atoms with Crippen LogP contribution in [0.3, 0.4) is 0 Å². The van der Waals surface area contributed by atoms with Crippen LogP contribution in [0.5, 0.6) is 0 Å². The van der Waals surface area contributed by atoms with Gasteiger partial charge in [-0.05, 0) is 49.8 Å². The van der Waals surface area contributed by atoms with E-state index in [9.17, 15) is 5.11 Å². The van der Waals surface area contributed by atoms with Crippen LogP contribution in [-0.2, 0) is 6.42 Å². The van der Waals surface area contributed by atoms with Crippen LogP contribution >= 0.6 is 0 Å². The Labute approximate surface area is 86.8 Å². The first-order valence-corrected chi connectivity index (χ1v) is 5.38. The molecular weight excluding hydrogens is 172 g/mol. The highest BCUT2D eigenvalue weighted by Gasteiger charge is 2.04. The van der Waals surface area contributed by atoms with Gasteiger partial charge in [0.15, 0.2) is 0 Å². The summed E-state index contributed by atoms with van der Waals surface area (Å²) >= 11 is 0. The van der Waals surface area contributed by atoms with E-state index in [1.165, 1.54) is 16.7 Å². The number of aliphatic hydroxyl groups is 1. The minimum absolute atomic E-state index is 0.144. The third-order valence-corrected chi connectivity index (χ3v) is 2.93. The van der Waals surface area contributed by atoms with Gasteiger partial charge in [-0.15, -0.1) is 0 Å². The molecule has 0 spiro atoms. The van der Waals surface area contributed by atoms with Gasteiger partial charge in [0.2, 0.25) is 0 Å². The number of aliphatic hydroxyl groups excluding tert-OH is 1. The van der Waals surface area contributed by atoms with Crippen LogP contribution in [0, 0.1) is 13.8 Å². The molecule has 1 nitrogen and oxygen atoms in total. The SMILES string of the molecule is CCC(O)CCc1cccc(C)c1C. The van der Waals surface area contributed by atoms with Crippen molar-refractivity contribution < 1.29 is 5.11 Å². The Balaban J connectivity index is 2.63. The van der Waals surface area contributed by atoms with Gasteiger partial charge in [0.25, 0.3) is 0 Å². The van der Waals surface area contributed by atoms with Crippen molar-refractivity contribution in [3.8, 4) is 0 Å². The van der Waals surface area contributed by atoms with E-state index in [0.717, 1.165) is 19.3 Å². The van der Waals surface area contributed by atoms with Crippen molar-refractivity contribution in [1.29, 1.82) is 0 Å². The molecule has 14 heavy (non-hydrogen) atoms. The molecular formula is C13H20O. The summed E-state index contributed by atoms with van der Waals surface area (Å²) in [7, 11) is 0. The topological polar surface area (TPSA) is 20.2 Å². The molecule has 1 N–H and O–H groups in total. The molecule has 0 amide bonds. The van der Waals surface area contributed by atoms with Gasteiger partial charge in [0.05, 0.1) is 6.10 Å². The second-order valence-corrected chi connectivity index (χ2v) is 3.96. The minimum Gasteiger partial charge on any atom is -0.393 e. The van der Waals surface area contributed by atoms with Gasteiger partial charge in [-0.1, -0.05) is 25.1 Å². The van der Waals surface area contributed by atoms with Crippen LogP contribution in [0.4, 0.5) is 0 Å². The molecule has 1 aromatic carbocycles. The third kappa shape index (κ3) is 2.85. The molecule has 1 aromatic rings. The molecule has 0 aromatic heterocycles. The number of aryl methyl sites for hydroxylation is 2. The van der Waals surface area contributed by atoms with E-state index >= 15 is 0 Å². The zero-order valence-electron chi connectivity index (χ0n) is 9.38. The molecule has 0 heterocycles. The molecule has 0 aliphatic rings. The van der Waals surface area contributed by atoms with Gasteiger partial charge >= 0.3 is 0 Å². The first kappa shape index (κ1) is 11.3. The van der Waals surface area contributed by atoms with Crippen molar-refractivity contribution >= 4 is 0 Å². The van der Waals surface area contributed by atoms with E-state index in [1.54, 1.807) is 0 Å². The van der Waals surface area contributed by atoms with Gasteiger partial charge in [-0.25, -0.2) is 0 Å². The predicted octanol–water partition coefficient (Wildman–Crippen LogP) is 3.01. The summed E-state index contributed by atoms with van der Waals surface area (Å²) in [6.07, 6.45) is 2.57. The summed E-state index contributed by atoms with van der Waals surface area (Å²) in [5.74, 6) is 0. The number of hydrogen-bond acceptors (Lipinski definition) is 1. The molecule has 0 bridgehead atoms. The Morgan fingerprint density at radius 2 is 2.00 bits per heavy atom. The Morgan fingerprint density at radius 3 is 2.64 bits per heavy atom. The fourth-order valence-electron chi connectivity index (χ4n) is 1.61. The summed E-state index contributed by atoms with van der Waals surface area (Å²) in [5, 5.41) is 9.48. The lowest BCUT2D eigenvalue weighted by molar-refractivity contribution is 0.160. The summed E-state index contributed by atoms with van der Waals surface area (Å²) in [4.78, 5) is 0. The maximum atomic E-state index is 9.48. The van der Waals surface area contributed by atoms with Crippen molar-refractivity contribution in [3.63, 3.8) is 0 Å². The standard InChI is InChI=1S/C13H20O/c1-4-13(14)9-8-12-7-5-6-10(2)11(12)3/h5-7,13-14H,4,8-9H2,1-3H3. The van der Waals surface area contributed by atoms with E-state index in [1.807, 2.05) is 6.92 Å². The second-order valence-electron chi connectivity index (χ2n) is 3.96. The van der Waals surface area contributed by atoms with Gasteiger partial charge in [0, 0.05) is 0 Å². The zero-order chi connectivity index (χ0) is 10.6. The van der Waals surface area contributed by atoms with Crippen LogP contribution in [0.15, 0.2) is 18.2 Å². The lowest BCUT2D eigenvalue weighted by Crippen LogP contribution is -2.06. The van der Waals surface area contributed by atoms with Crippen LogP contribution in [0.2, 0.25) is 0 Å². The number of rotatable bonds is 4. The van der Waals surface area contributed by atoms with Crippen LogP contribution in [0.25, 0.3) is 0 Å². The second kappa shape index (κ2) is 5.16. The summed E-state index contributed by atoms with van der Waals surface area (Å²) in [6, 6.07) is 6.38. The molecule has 0 aliphatic carbocycles. The molecule has 0 fully saturated rings. The average Bonchev–Trinajstić information content (AvgIpc) is 2.20. The fourth-order valence-corrected chi connectivity index (χ4v) is 1.61. The quantitative estimate of drug-likeness (QED) is 0.777. The van der Waals surface area contributed by atoms with E-state index in [4.69, 9.17) is 0 Å². The first-order chi connectivity index (χ1) is 6.65. The van der Waals surface area contributed by atoms with Crippen LogP contribution in [0.1, 0.15) is 36.5 Å². The Hall–Kier alpha value is -0.820. The largest absolute Gasteiger partial charge is 0.393 e. The molecule has 0 saturated carbocycles. The van der Waals surface area contributed by atoms with Crippen LogP contribution < -0.4 is 0 Å². The third-order valence-electron chi connectivity index (χ3n) is 2.93. The van der Waals surface area contributed by atoms with Gasteiger partial charge in [-0.2, -0.15) is 0 Å². The van der Waals surface area contributed by atoms with Gasteiger partial charge in [-0.3, -0.25) is 0 Å². The first-order valence-electron chi connectivity index (χ1n) is 5.38. The van der Waals surface area contributed by atoms with E-state index < -0.39 is 0 Å². The highest BCUT2D eigenvalue weighted by Crippen LogP contribution is 2.15. The summed E-state index contributed by atoms with van der Waals surface area (Å²) in [6.45, 7) is 6.31. The Kier molecular flexibility index (Phi) is 4.15. The Bertz CT molecular complexity index is 291. The molecule has 0 saturated heterocycles. The van der Waals surface area contributed by atoms with Crippen molar-refractivity contribution in [2.75, 3.05) is 0 Å². The molecule has 1 rings (SSSR count). The zero-order valence-corrected chi connectivity index (χ0v) is 9.38. The van der Waals surface area contributed by atoms with Crippen LogP contribution in [-0.4, -0.2) is 11.2 Å². The van der Waals surface area contributed by atoms with E-state index in [2.05, 4.69) is 32.0 Å². The van der Waals surface area contributed by atoms with E-state index in [0.29, 0.717) is 0 Å². The summed E-state index contributed by atoms with van der Waals surface area (Å²) in [5.41, 5.74) is 4.08. The molecule has 1 heteroatoms. The number of hydrogen-bond donors (Lipinski definition) is 1. The summed E-state index contributed by atoms with van der Waals surface area (Å²) < 4.78 is 0.